The number of thiophene rings is 1. The Labute approximate surface area is 444 Å². The summed E-state index contributed by atoms with van der Waals surface area (Å²) in [7, 11) is 0. The smallest absolute Gasteiger partial charge is 0.138 e. The van der Waals surface area contributed by atoms with E-state index in [1.807, 2.05) is 11.3 Å². The highest BCUT2D eigenvalue weighted by atomic mass is 32.1. The van der Waals surface area contributed by atoms with Crippen molar-refractivity contribution in [1.82, 2.24) is 28.2 Å². The second-order valence-corrected chi connectivity index (χ2v) is 21.2. The van der Waals surface area contributed by atoms with E-state index in [1.165, 1.54) is 74.3 Å². The fourth-order valence-corrected chi connectivity index (χ4v) is 13.8. The highest BCUT2D eigenvalue weighted by Gasteiger charge is 2.24. The monoisotopic (exact) mass is 998 g/mol. The molecule has 7 heteroatoms. The van der Waals surface area contributed by atoms with E-state index >= 15 is 0 Å². The Kier molecular flexibility index (Phi) is 8.90. The molecule has 0 aliphatic heterocycles. The van der Waals surface area contributed by atoms with Gasteiger partial charge >= 0.3 is 0 Å². The number of para-hydroxylation sites is 4. The van der Waals surface area contributed by atoms with E-state index in [9.17, 15) is 0 Å². The molecule has 0 aliphatic rings. The number of rotatable bonds is 6. The third kappa shape index (κ3) is 6.11. The molecule has 0 amide bonds. The molecule has 0 bridgehead atoms. The number of pyridine rings is 2. The Balaban J connectivity index is 0.882. The first-order valence-corrected chi connectivity index (χ1v) is 27.0. The van der Waals surface area contributed by atoms with Crippen LogP contribution in [-0.2, 0) is 0 Å². The lowest BCUT2D eigenvalue weighted by molar-refractivity contribution is 1.08. The van der Waals surface area contributed by atoms with E-state index in [-0.39, 0.29) is 0 Å². The van der Waals surface area contributed by atoms with Crippen molar-refractivity contribution in [3.63, 3.8) is 0 Å². The average molecular weight is 999 g/mol. The van der Waals surface area contributed by atoms with Crippen LogP contribution >= 0.6 is 11.3 Å². The normalized spacial score (nSPS) is 12.2. The summed E-state index contributed by atoms with van der Waals surface area (Å²) >= 11 is 1.86. The zero-order chi connectivity index (χ0) is 50.3. The molecule has 0 saturated heterocycles. The number of hydrogen-bond donors (Lipinski definition) is 0. The quantitative estimate of drug-likeness (QED) is 0.167. The molecule has 17 rings (SSSR count). The van der Waals surface area contributed by atoms with E-state index in [4.69, 9.17) is 9.97 Å². The predicted molar refractivity (Wildman–Crippen MR) is 323 cm³/mol. The lowest BCUT2D eigenvalue weighted by Gasteiger charge is -2.11. The third-order valence-corrected chi connectivity index (χ3v) is 17.1. The van der Waals surface area contributed by atoms with E-state index < -0.39 is 0 Å². The van der Waals surface area contributed by atoms with Crippen LogP contribution < -0.4 is 0 Å². The van der Waals surface area contributed by atoms with Crippen LogP contribution in [0, 0.1) is 0 Å². The molecule has 0 radical (unpaired) electrons. The van der Waals surface area contributed by atoms with Gasteiger partial charge in [0, 0.05) is 85.8 Å². The lowest BCUT2D eigenvalue weighted by Crippen LogP contribution is -1.99. The van der Waals surface area contributed by atoms with Gasteiger partial charge in [0.05, 0.1) is 55.5 Å². The molecule has 0 fully saturated rings. The minimum absolute atomic E-state index is 0.891. The van der Waals surface area contributed by atoms with Crippen molar-refractivity contribution < 1.29 is 0 Å². The Morgan fingerprint density at radius 3 is 1.22 bits per heavy atom. The molecule has 0 spiro atoms. The number of hydrogen-bond acceptors (Lipinski definition) is 3. The second-order valence-electron chi connectivity index (χ2n) is 20.1. The maximum Gasteiger partial charge on any atom is 0.138 e. The van der Waals surface area contributed by atoms with Gasteiger partial charge in [0.15, 0.2) is 0 Å². The van der Waals surface area contributed by atoms with Gasteiger partial charge in [-0.05, 0) is 97.1 Å². The number of aromatic nitrogens is 6. The highest BCUT2D eigenvalue weighted by Crippen LogP contribution is 2.46. The van der Waals surface area contributed by atoms with Gasteiger partial charge in [0.1, 0.15) is 11.6 Å². The van der Waals surface area contributed by atoms with Crippen LogP contribution in [0.15, 0.2) is 255 Å². The summed E-state index contributed by atoms with van der Waals surface area (Å²) in [6.07, 6.45) is 0. The van der Waals surface area contributed by atoms with Crippen LogP contribution in [0.1, 0.15) is 0 Å². The molecule has 7 heterocycles. The summed E-state index contributed by atoms with van der Waals surface area (Å²) in [6.45, 7) is 0. The maximum atomic E-state index is 5.36. The SMILES string of the molecule is c1ccc(-c2cccc(-n3c4ccccc4c4c3ccc3c5ccccc5n(-c5ccc6sc7ccc(-n8c9ccccc9c9c8ccc8c%10ccccc%10n(-c%10cccc(-c%11ccccc%11)n%10)c89)cc7c6c5)c34)n2)cc1. The van der Waals surface area contributed by atoms with Gasteiger partial charge in [0.2, 0.25) is 0 Å². The van der Waals surface area contributed by atoms with Crippen molar-refractivity contribution in [2.45, 2.75) is 0 Å². The maximum absolute atomic E-state index is 5.36. The van der Waals surface area contributed by atoms with Crippen LogP contribution in [0.5, 0.6) is 0 Å². The highest BCUT2D eigenvalue weighted by molar-refractivity contribution is 7.25. The fraction of sp³-hybridized carbons (Fsp3) is 0. The van der Waals surface area contributed by atoms with Gasteiger partial charge in [-0.3, -0.25) is 9.13 Å². The Bertz CT molecular complexity index is 5290. The Morgan fingerprint density at radius 2 is 0.675 bits per heavy atom. The summed E-state index contributed by atoms with van der Waals surface area (Å²) in [6, 6.07) is 92.3. The average Bonchev–Trinajstić information content (AvgIpc) is 4.33. The molecule has 0 atom stereocenters. The zero-order valence-electron chi connectivity index (χ0n) is 41.3. The number of fused-ring (bicyclic) bond motifs is 17. The largest absolute Gasteiger partial charge is 0.309 e. The van der Waals surface area contributed by atoms with Crippen molar-refractivity contribution in [2.75, 3.05) is 0 Å². The van der Waals surface area contributed by atoms with E-state index in [2.05, 4.69) is 273 Å². The summed E-state index contributed by atoms with van der Waals surface area (Å²) in [4.78, 5) is 10.7. The molecule has 0 unspecified atom stereocenters. The molecule has 358 valence electrons. The Hall–Kier alpha value is -10.1. The third-order valence-electron chi connectivity index (χ3n) is 16.0. The van der Waals surface area contributed by atoms with E-state index in [0.29, 0.717) is 0 Å². The number of benzene rings is 10. The molecular formula is C70H42N6S. The van der Waals surface area contributed by atoms with Crippen molar-refractivity contribution >= 4 is 119 Å². The van der Waals surface area contributed by atoms with Gasteiger partial charge in [-0.2, -0.15) is 0 Å². The van der Waals surface area contributed by atoms with Crippen molar-refractivity contribution in [2.24, 2.45) is 0 Å². The van der Waals surface area contributed by atoms with Crippen LogP contribution in [0.2, 0.25) is 0 Å². The molecule has 17 aromatic rings. The minimum Gasteiger partial charge on any atom is -0.309 e. The topological polar surface area (TPSA) is 45.5 Å². The van der Waals surface area contributed by atoms with Crippen LogP contribution in [0.4, 0.5) is 0 Å². The first-order chi connectivity index (χ1) is 38.2. The van der Waals surface area contributed by atoms with Gasteiger partial charge in [-0.1, -0.05) is 158 Å². The lowest BCUT2D eigenvalue weighted by atomic mass is 10.1. The molecule has 6 nitrogen and oxygen atoms in total. The molecule has 10 aromatic carbocycles. The Morgan fingerprint density at radius 1 is 0.260 bits per heavy atom. The van der Waals surface area contributed by atoms with Crippen LogP contribution in [0.3, 0.4) is 0 Å². The van der Waals surface area contributed by atoms with Gasteiger partial charge in [-0.15, -0.1) is 11.3 Å². The van der Waals surface area contributed by atoms with Crippen LogP contribution in [0.25, 0.3) is 153 Å². The van der Waals surface area contributed by atoms with Gasteiger partial charge in [0.25, 0.3) is 0 Å². The van der Waals surface area contributed by atoms with Gasteiger partial charge in [-0.25, -0.2) is 9.97 Å². The van der Waals surface area contributed by atoms with Crippen molar-refractivity contribution in [1.29, 1.82) is 0 Å². The fourth-order valence-electron chi connectivity index (χ4n) is 12.7. The van der Waals surface area contributed by atoms with Crippen molar-refractivity contribution in [3.8, 4) is 45.5 Å². The standard InChI is InChI=1S/C70H42N6S/c1-3-17-43(18-4-1)55-25-15-31-65(71-55)75-60-30-14-10-24-52(60)68-62(75)38-36-49-47-21-7-11-27-57(47)74(69(49)68)46-34-40-64-54(42-46)53-41-45(33-39-63(53)77-64)73-59-29-13-9-23-51(59)67-61(73)37-35-50-48-22-8-12-28-58(48)76(70(50)67)66-32-16-26-56(72-66)44-19-5-2-6-20-44/h1-42H. The molecule has 77 heavy (non-hydrogen) atoms. The summed E-state index contributed by atoms with van der Waals surface area (Å²) in [5.74, 6) is 1.78. The zero-order valence-corrected chi connectivity index (χ0v) is 42.2. The van der Waals surface area contributed by atoms with Gasteiger partial charge < -0.3 is 9.13 Å². The first kappa shape index (κ1) is 42.3. The molecular weight excluding hydrogens is 957 g/mol. The summed E-state index contributed by atoms with van der Waals surface area (Å²) in [5.41, 5.74) is 15.5. The molecule has 0 saturated carbocycles. The van der Waals surface area contributed by atoms with E-state index in [1.54, 1.807) is 0 Å². The predicted octanol–water partition coefficient (Wildman–Crippen LogP) is 18.6. The van der Waals surface area contributed by atoms with Crippen LogP contribution in [-0.4, -0.2) is 28.2 Å². The molecule has 7 aromatic heterocycles. The first-order valence-electron chi connectivity index (χ1n) is 26.2. The number of nitrogens with zero attached hydrogens (tertiary/aromatic N) is 6. The molecule has 0 aliphatic carbocycles. The second kappa shape index (κ2) is 16.2. The summed E-state index contributed by atoms with van der Waals surface area (Å²) < 4.78 is 12.2. The molecule has 0 N–H and O–H groups in total. The minimum atomic E-state index is 0.891. The van der Waals surface area contributed by atoms with E-state index in [0.717, 1.165) is 78.6 Å². The van der Waals surface area contributed by atoms with Crippen molar-refractivity contribution in [3.05, 3.63) is 255 Å². The summed E-state index contributed by atoms with van der Waals surface area (Å²) in [5, 5.41) is 12.1.